The number of nitrogens with one attached hydrogen (secondary N) is 1. The number of nitrogens with zero attached hydrogens (tertiary/aromatic N) is 2. The fourth-order valence-electron chi connectivity index (χ4n) is 3.28. The van der Waals surface area contributed by atoms with Gasteiger partial charge in [0.2, 0.25) is 0 Å². The summed E-state index contributed by atoms with van der Waals surface area (Å²) < 4.78 is 33.4. The molecule has 0 aromatic heterocycles. The van der Waals surface area contributed by atoms with Crippen molar-refractivity contribution in [2.75, 3.05) is 48.5 Å². The first-order chi connectivity index (χ1) is 12.6. The van der Waals surface area contributed by atoms with Crippen molar-refractivity contribution >= 4 is 33.0 Å². The van der Waals surface area contributed by atoms with Crippen LogP contribution in [0.25, 0.3) is 0 Å². The maximum Gasteiger partial charge on any atom is 0.264 e. The average molecular weight is 394 g/mol. The van der Waals surface area contributed by atoms with Crippen LogP contribution in [0.1, 0.15) is 0 Å². The monoisotopic (exact) mass is 393 g/mol. The zero-order valence-electron chi connectivity index (χ0n) is 14.2. The van der Waals surface area contributed by atoms with Crippen LogP contribution in [-0.4, -0.2) is 47.7 Å². The van der Waals surface area contributed by atoms with Crippen molar-refractivity contribution in [1.29, 1.82) is 0 Å². The first-order valence-electron chi connectivity index (χ1n) is 8.56. The Morgan fingerprint density at radius 1 is 1.00 bits per heavy atom. The summed E-state index contributed by atoms with van der Waals surface area (Å²) in [5, 5.41) is 3.83. The number of piperazine rings is 1. The van der Waals surface area contributed by atoms with Gasteiger partial charge in [0.15, 0.2) is 0 Å². The molecule has 138 valence electrons. The largest absolute Gasteiger partial charge is 0.489 e. The van der Waals surface area contributed by atoms with Crippen molar-refractivity contribution in [3.05, 3.63) is 47.5 Å². The van der Waals surface area contributed by atoms with Gasteiger partial charge in [0.1, 0.15) is 12.4 Å². The molecule has 2 aromatic carbocycles. The van der Waals surface area contributed by atoms with Crippen molar-refractivity contribution in [1.82, 2.24) is 5.32 Å². The lowest BCUT2D eigenvalue weighted by Crippen LogP contribution is -2.43. The number of ether oxygens (including phenoxy) is 1. The molecule has 1 fully saturated rings. The highest BCUT2D eigenvalue weighted by Gasteiger charge is 2.30. The molecule has 1 saturated heterocycles. The Bertz CT molecular complexity index is 896. The molecule has 1 N–H and O–H groups in total. The Morgan fingerprint density at radius 2 is 1.73 bits per heavy atom. The van der Waals surface area contributed by atoms with Crippen LogP contribution in [0, 0.1) is 0 Å². The number of benzene rings is 2. The van der Waals surface area contributed by atoms with Crippen LogP contribution in [0.3, 0.4) is 0 Å². The highest BCUT2D eigenvalue weighted by molar-refractivity contribution is 7.92. The van der Waals surface area contributed by atoms with E-state index < -0.39 is 10.0 Å². The molecule has 2 aliphatic heterocycles. The molecule has 2 aromatic rings. The summed E-state index contributed by atoms with van der Waals surface area (Å²) in [7, 11) is -3.68. The number of sulfonamides is 1. The van der Waals surface area contributed by atoms with Crippen LogP contribution in [0.4, 0.5) is 11.4 Å². The third-order valence-corrected chi connectivity index (χ3v) is 6.73. The molecule has 0 radical (unpaired) electrons. The van der Waals surface area contributed by atoms with Crippen molar-refractivity contribution < 1.29 is 13.2 Å². The van der Waals surface area contributed by atoms with E-state index in [1.54, 1.807) is 12.1 Å². The van der Waals surface area contributed by atoms with E-state index in [1.165, 1.54) is 16.4 Å². The second kappa shape index (κ2) is 6.98. The van der Waals surface area contributed by atoms with Gasteiger partial charge in [-0.15, -0.1) is 0 Å². The zero-order valence-corrected chi connectivity index (χ0v) is 15.8. The number of halogens is 1. The van der Waals surface area contributed by atoms with E-state index in [0.29, 0.717) is 23.1 Å². The van der Waals surface area contributed by atoms with Gasteiger partial charge in [-0.1, -0.05) is 11.6 Å². The summed E-state index contributed by atoms with van der Waals surface area (Å²) in [5.74, 6) is 0.590. The summed E-state index contributed by atoms with van der Waals surface area (Å²) in [6.45, 7) is 4.23. The fraction of sp³-hybridized carbons (Fsp3) is 0.333. The first-order valence-corrected chi connectivity index (χ1v) is 10.4. The fourth-order valence-corrected chi connectivity index (χ4v) is 4.86. The SMILES string of the molecule is O=S(=O)(c1ccc(Cl)cc1)N1CCOc2ccc(N3CCNCC3)cc21. The topological polar surface area (TPSA) is 61.9 Å². The molecule has 0 unspecified atom stereocenters. The molecule has 2 aliphatic rings. The lowest BCUT2D eigenvalue weighted by Gasteiger charge is -2.34. The Hall–Kier alpha value is -1.96. The Kier molecular flexibility index (Phi) is 4.69. The number of anilines is 2. The van der Waals surface area contributed by atoms with Crippen molar-refractivity contribution in [2.24, 2.45) is 0 Å². The highest BCUT2D eigenvalue weighted by atomic mass is 35.5. The van der Waals surface area contributed by atoms with E-state index in [1.807, 2.05) is 18.2 Å². The van der Waals surface area contributed by atoms with Crippen LogP contribution in [-0.2, 0) is 10.0 Å². The van der Waals surface area contributed by atoms with E-state index in [0.717, 1.165) is 31.9 Å². The van der Waals surface area contributed by atoms with Crippen molar-refractivity contribution in [2.45, 2.75) is 4.90 Å². The molecule has 26 heavy (non-hydrogen) atoms. The van der Waals surface area contributed by atoms with Crippen LogP contribution in [0.5, 0.6) is 5.75 Å². The smallest absolute Gasteiger partial charge is 0.264 e. The standard InChI is InChI=1S/C18H20ClN3O3S/c19-14-1-4-16(5-2-14)26(23,24)22-11-12-25-18-6-3-15(13-17(18)22)21-9-7-20-8-10-21/h1-6,13,20H,7-12H2. The third-order valence-electron chi connectivity index (χ3n) is 4.65. The molecule has 8 heteroatoms. The molecule has 0 amide bonds. The normalized spacial score (nSPS) is 17.6. The quantitative estimate of drug-likeness (QED) is 0.867. The second-order valence-electron chi connectivity index (χ2n) is 6.27. The van der Waals surface area contributed by atoms with Crippen LogP contribution < -0.4 is 19.3 Å². The molecule has 0 atom stereocenters. The Balaban J connectivity index is 1.72. The number of hydrogen-bond acceptors (Lipinski definition) is 5. The van der Waals surface area contributed by atoms with Gasteiger partial charge in [-0.05, 0) is 42.5 Å². The number of hydrogen-bond donors (Lipinski definition) is 1. The van der Waals surface area contributed by atoms with Gasteiger partial charge < -0.3 is 15.0 Å². The molecule has 0 saturated carbocycles. The minimum absolute atomic E-state index is 0.224. The Morgan fingerprint density at radius 3 is 2.46 bits per heavy atom. The molecule has 2 heterocycles. The second-order valence-corrected chi connectivity index (χ2v) is 8.57. The molecular weight excluding hydrogens is 374 g/mol. The molecule has 0 aliphatic carbocycles. The summed E-state index contributed by atoms with van der Waals surface area (Å²) in [6, 6.07) is 12.0. The van der Waals surface area contributed by atoms with Gasteiger partial charge in [0.25, 0.3) is 10.0 Å². The average Bonchev–Trinajstić information content (AvgIpc) is 2.68. The van der Waals surface area contributed by atoms with E-state index in [-0.39, 0.29) is 11.4 Å². The minimum Gasteiger partial charge on any atom is -0.489 e. The predicted octanol–water partition coefficient (Wildman–Crippen LogP) is 2.34. The van der Waals surface area contributed by atoms with Gasteiger partial charge in [-0.2, -0.15) is 0 Å². The first kappa shape index (κ1) is 17.5. The minimum atomic E-state index is -3.68. The van der Waals surface area contributed by atoms with E-state index >= 15 is 0 Å². The van der Waals surface area contributed by atoms with Crippen LogP contribution in [0.2, 0.25) is 5.02 Å². The molecule has 4 rings (SSSR count). The van der Waals surface area contributed by atoms with Gasteiger partial charge in [-0.3, -0.25) is 4.31 Å². The third kappa shape index (κ3) is 3.22. The van der Waals surface area contributed by atoms with Gasteiger partial charge in [-0.25, -0.2) is 8.42 Å². The molecule has 6 nitrogen and oxygen atoms in total. The van der Waals surface area contributed by atoms with E-state index in [2.05, 4.69) is 10.2 Å². The maximum absolute atomic E-state index is 13.2. The molecule has 0 spiro atoms. The lowest BCUT2D eigenvalue weighted by atomic mass is 10.2. The summed E-state index contributed by atoms with van der Waals surface area (Å²) >= 11 is 5.90. The lowest BCUT2D eigenvalue weighted by molar-refractivity contribution is 0.316. The molecule has 0 bridgehead atoms. The van der Waals surface area contributed by atoms with Crippen LogP contribution in [0.15, 0.2) is 47.4 Å². The van der Waals surface area contributed by atoms with E-state index in [4.69, 9.17) is 16.3 Å². The maximum atomic E-state index is 13.2. The van der Waals surface area contributed by atoms with Crippen LogP contribution >= 0.6 is 11.6 Å². The number of rotatable bonds is 3. The van der Waals surface area contributed by atoms with Gasteiger partial charge in [0, 0.05) is 36.9 Å². The van der Waals surface area contributed by atoms with Gasteiger partial charge >= 0.3 is 0 Å². The molecular formula is C18H20ClN3O3S. The van der Waals surface area contributed by atoms with Crippen molar-refractivity contribution in [3.8, 4) is 5.75 Å². The summed E-state index contributed by atoms with van der Waals surface area (Å²) in [6.07, 6.45) is 0. The summed E-state index contributed by atoms with van der Waals surface area (Å²) in [5.41, 5.74) is 1.59. The van der Waals surface area contributed by atoms with Gasteiger partial charge in [0.05, 0.1) is 17.1 Å². The summed E-state index contributed by atoms with van der Waals surface area (Å²) in [4.78, 5) is 2.47. The highest BCUT2D eigenvalue weighted by Crippen LogP contribution is 2.38. The van der Waals surface area contributed by atoms with Crippen molar-refractivity contribution in [3.63, 3.8) is 0 Å². The van der Waals surface area contributed by atoms with E-state index in [9.17, 15) is 8.42 Å². The predicted molar refractivity (Wildman–Crippen MR) is 103 cm³/mol. The Labute approximate surface area is 158 Å². The zero-order chi connectivity index (χ0) is 18.1. The number of fused-ring (bicyclic) bond motifs is 1.